The molecule has 0 bridgehead atoms. The monoisotopic (exact) mass is 254 g/mol. The highest BCUT2D eigenvalue weighted by molar-refractivity contribution is 5.66. The number of halogens is 2. The highest BCUT2D eigenvalue weighted by Crippen LogP contribution is 2.23. The van der Waals surface area contributed by atoms with Crippen molar-refractivity contribution in [1.29, 1.82) is 0 Å². The molecule has 94 valence electrons. The zero-order chi connectivity index (χ0) is 13.1. The first-order chi connectivity index (χ1) is 8.59. The molecule has 1 aromatic carbocycles. The lowest BCUT2D eigenvalue weighted by Gasteiger charge is -2.04. The van der Waals surface area contributed by atoms with Crippen LogP contribution in [0, 0.1) is 11.6 Å². The van der Waals surface area contributed by atoms with Crippen LogP contribution in [-0.2, 0) is 11.3 Å². The molecule has 2 rings (SSSR count). The van der Waals surface area contributed by atoms with Gasteiger partial charge in [0.05, 0.1) is 18.5 Å². The molecule has 1 N–H and O–H groups in total. The summed E-state index contributed by atoms with van der Waals surface area (Å²) in [6.07, 6.45) is -0.242. The summed E-state index contributed by atoms with van der Waals surface area (Å²) in [5.41, 5.74) is -0.368. The van der Waals surface area contributed by atoms with Gasteiger partial charge in [-0.2, -0.15) is 0 Å². The van der Waals surface area contributed by atoms with Crippen LogP contribution in [0.3, 0.4) is 0 Å². The topological polar surface area (TPSA) is 80.9 Å². The molecule has 0 aliphatic heterocycles. The number of hydrogen-bond acceptors (Lipinski definition) is 4. The van der Waals surface area contributed by atoms with E-state index in [9.17, 15) is 13.6 Å². The maximum absolute atomic E-state index is 13.5. The second-order valence-electron chi connectivity index (χ2n) is 3.47. The van der Waals surface area contributed by atoms with E-state index >= 15 is 0 Å². The van der Waals surface area contributed by atoms with E-state index in [4.69, 9.17) is 5.11 Å². The normalized spacial score (nSPS) is 10.6. The number of aromatic nitrogens is 4. The van der Waals surface area contributed by atoms with Crippen LogP contribution in [0.15, 0.2) is 18.2 Å². The zero-order valence-electron chi connectivity index (χ0n) is 9.05. The number of rotatable bonds is 4. The SMILES string of the molecule is O=C(O)CCn1nnnc1-c1c(F)cccc1F. The third kappa shape index (κ3) is 2.31. The maximum atomic E-state index is 13.5. The van der Waals surface area contributed by atoms with Gasteiger partial charge in [0.1, 0.15) is 11.6 Å². The fourth-order valence-electron chi connectivity index (χ4n) is 1.45. The number of carboxylic acids is 1. The molecule has 6 nitrogen and oxygen atoms in total. The van der Waals surface area contributed by atoms with Gasteiger partial charge in [-0.1, -0.05) is 6.07 Å². The van der Waals surface area contributed by atoms with Gasteiger partial charge in [0, 0.05) is 0 Å². The third-order valence-corrected chi connectivity index (χ3v) is 2.26. The standard InChI is InChI=1S/C10H8F2N4O2/c11-6-2-1-3-7(12)9(6)10-13-14-15-16(10)5-4-8(17)18/h1-3H,4-5H2,(H,17,18). The van der Waals surface area contributed by atoms with Crippen molar-refractivity contribution in [2.24, 2.45) is 0 Å². The van der Waals surface area contributed by atoms with Crippen LogP contribution < -0.4 is 0 Å². The Morgan fingerprint density at radius 1 is 1.33 bits per heavy atom. The predicted octanol–water partition coefficient (Wildman–Crippen LogP) is 1.09. The van der Waals surface area contributed by atoms with E-state index in [0.717, 1.165) is 16.8 Å². The third-order valence-electron chi connectivity index (χ3n) is 2.26. The van der Waals surface area contributed by atoms with Crippen molar-refractivity contribution >= 4 is 5.97 Å². The molecule has 0 saturated carbocycles. The molecule has 8 heteroatoms. The largest absolute Gasteiger partial charge is 0.481 e. The summed E-state index contributed by atoms with van der Waals surface area (Å²) in [6.45, 7) is -0.0640. The molecule has 0 atom stereocenters. The molecular weight excluding hydrogens is 246 g/mol. The summed E-state index contributed by atoms with van der Waals surface area (Å²) in [5, 5.41) is 18.9. The first-order valence-corrected chi connectivity index (χ1v) is 5.02. The average molecular weight is 254 g/mol. The number of aryl methyl sites for hydroxylation is 1. The molecule has 0 aliphatic rings. The van der Waals surface area contributed by atoms with Crippen molar-refractivity contribution in [3.63, 3.8) is 0 Å². The Bertz CT molecular complexity index is 565. The van der Waals surface area contributed by atoms with E-state index in [1.165, 1.54) is 6.07 Å². The smallest absolute Gasteiger partial charge is 0.305 e. The first-order valence-electron chi connectivity index (χ1n) is 5.02. The minimum atomic E-state index is -1.05. The number of benzene rings is 1. The van der Waals surface area contributed by atoms with Crippen LogP contribution in [0.5, 0.6) is 0 Å². The van der Waals surface area contributed by atoms with Crippen LogP contribution in [0.4, 0.5) is 8.78 Å². The molecule has 0 fully saturated rings. The number of carbonyl (C=O) groups is 1. The van der Waals surface area contributed by atoms with Gasteiger partial charge >= 0.3 is 5.97 Å². The van der Waals surface area contributed by atoms with Gasteiger partial charge in [0.2, 0.25) is 0 Å². The Balaban J connectivity index is 2.39. The summed E-state index contributed by atoms with van der Waals surface area (Å²) in [7, 11) is 0. The molecule has 18 heavy (non-hydrogen) atoms. The van der Waals surface area contributed by atoms with Crippen molar-refractivity contribution in [3.05, 3.63) is 29.8 Å². The van der Waals surface area contributed by atoms with E-state index in [-0.39, 0.29) is 24.4 Å². The molecule has 0 amide bonds. The first kappa shape index (κ1) is 12.1. The van der Waals surface area contributed by atoms with E-state index in [1.54, 1.807) is 0 Å². The number of carboxylic acid groups (broad SMARTS) is 1. The van der Waals surface area contributed by atoms with E-state index < -0.39 is 17.6 Å². The zero-order valence-corrected chi connectivity index (χ0v) is 9.05. The second-order valence-corrected chi connectivity index (χ2v) is 3.47. The number of nitrogens with zero attached hydrogens (tertiary/aromatic N) is 4. The fourth-order valence-corrected chi connectivity index (χ4v) is 1.45. The molecule has 0 unspecified atom stereocenters. The van der Waals surface area contributed by atoms with E-state index in [2.05, 4.69) is 15.5 Å². The lowest BCUT2D eigenvalue weighted by atomic mass is 10.2. The van der Waals surface area contributed by atoms with Gasteiger partial charge in [-0.15, -0.1) is 5.10 Å². The van der Waals surface area contributed by atoms with Crippen LogP contribution in [0.25, 0.3) is 11.4 Å². The Morgan fingerprint density at radius 3 is 2.61 bits per heavy atom. The van der Waals surface area contributed by atoms with Crippen LogP contribution >= 0.6 is 0 Å². The van der Waals surface area contributed by atoms with Gasteiger partial charge in [-0.3, -0.25) is 4.79 Å². The van der Waals surface area contributed by atoms with Gasteiger partial charge in [0.15, 0.2) is 5.82 Å². The quantitative estimate of drug-likeness (QED) is 0.883. The molecule has 1 aromatic heterocycles. The van der Waals surface area contributed by atoms with E-state index in [1.807, 2.05) is 0 Å². The van der Waals surface area contributed by atoms with Gasteiger partial charge < -0.3 is 5.11 Å². The Hall–Kier alpha value is -2.38. The molecule has 2 aromatic rings. The molecule has 0 spiro atoms. The van der Waals surface area contributed by atoms with Crippen LogP contribution in [-0.4, -0.2) is 31.3 Å². The highest BCUT2D eigenvalue weighted by Gasteiger charge is 2.18. The minimum Gasteiger partial charge on any atom is -0.481 e. The molecule has 1 heterocycles. The van der Waals surface area contributed by atoms with E-state index in [0.29, 0.717) is 0 Å². The van der Waals surface area contributed by atoms with Gasteiger partial charge in [-0.05, 0) is 22.6 Å². The number of hydrogen-bond donors (Lipinski definition) is 1. The lowest BCUT2D eigenvalue weighted by molar-refractivity contribution is -0.137. The Labute approximate surface area is 99.9 Å². The van der Waals surface area contributed by atoms with Crippen LogP contribution in [0.2, 0.25) is 0 Å². The summed E-state index contributed by atoms with van der Waals surface area (Å²) >= 11 is 0. The summed E-state index contributed by atoms with van der Waals surface area (Å²) < 4.78 is 28.1. The minimum absolute atomic E-state index is 0.0640. The number of aliphatic carboxylic acids is 1. The molecular formula is C10H8F2N4O2. The van der Waals surface area contributed by atoms with Gasteiger partial charge in [0.25, 0.3) is 0 Å². The predicted molar refractivity (Wildman–Crippen MR) is 55.4 cm³/mol. The average Bonchev–Trinajstić information content (AvgIpc) is 2.74. The summed E-state index contributed by atoms with van der Waals surface area (Å²) in [4.78, 5) is 10.4. The van der Waals surface area contributed by atoms with Crippen LogP contribution in [0.1, 0.15) is 6.42 Å². The Kier molecular flexibility index (Phi) is 3.26. The van der Waals surface area contributed by atoms with Crippen molar-refractivity contribution in [2.45, 2.75) is 13.0 Å². The van der Waals surface area contributed by atoms with Gasteiger partial charge in [-0.25, -0.2) is 13.5 Å². The van der Waals surface area contributed by atoms with Crippen molar-refractivity contribution in [1.82, 2.24) is 20.2 Å². The Morgan fingerprint density at radius 2 is 2.00 bits per heavy atom. The summed E-state index contributed by atoms with van der Waals surface area (Å²) in [5.74, 6) is -2.79. The number of tetrazole rings is 1. The van der Waals surface area contributed by atoms with Crippen molar-refractivity contribution in [3.8, 4) is 11.4 Å². The van der Waals surface area contributed by atoms with Crippen molar-refractivity contribution in [2.75, 3.05) is 0 Å². The summed E-state index contributed by atoms with van der Waals surface area (Å²) in [6, 6.07) is 3.38. The maximum Gasteiger partial charge on any atom is 0.305 e. The molecule has 0 saturated heterocycles. The molecule has 0 aliphatic carbocycles. The lowest BCUT2D eigenvalue weighted by Crippen LogP contribution is -2.09. The highest BCUT2D eigenvalue weighted by atomic mass is 19.1. The van der Waals surface area contributed by atoms with Crippen molar-refractivity contribution < 1.29 is 18.7 Å². The molecule has 0 radical (unpaired) electrons. The second kappa shape index (κ2) is 4.86. The fraction of sp³-hybridized carbons (Fsp3) is 0.200.